The van der Waals surface area contributed by atoms with Gasteiger partial charge in [0.1, 0.15) is 24.6 Å². The Morgan fingerprint density at radius 3 is 1.53 bits per heavy atom. The van der Waals surface area contributed by atoms with Crippen molar-refractivity contribution in [3.63, 3.8) is 0 Å². The molecule has 0 radical (unpaired) electrons. The number of aliphatic imine (C=N–C) groups is 2. The minimum absolute atomic E-state index is 0.246. The summed E-state index contributed by atoms with van der Waals surface area (Å²) >= 11 is 0. The van der Waals surface area contributed by atoms with Crippen LogP contribution in [-0.2, 0) is 14.9 Å². The van der Waals surface area contributed by atoms with Crippen LogP contribution in [0.2, 0.25) is 0 Å². The predicted octanol–water partition coefficient (Wildman–Crippen LogP) is 10.4. The first kappa shape index (κ1) is 33.2. The first-order chi connectivity index (χ1) is 26.7. The molecule has 0 saturated carbocycles. The molecule has 0 spiro atoms. The highest BCUT2D eigenvalue weighted by Crippen LogP contribution is 2.59. The van der Waals surface area contributed by atoms with Crippen molar-refractivity contribution in [3.8, 4) is 33.4 Å². The summed E-state index contributed by atoms with van der Waals surface area (Å²) in [5, 5.41) is 2.39. The van der Waals surface area contributed by atoms with E-state index in [0.717, 1.165) is 33.6 Å². The molecule has 0 saturated heterocycles. The van der Waals surface area contributed by atoms with Gasteiger partial charge in [-0.15, -0.1) is 0 Å². The molecule has 0 unspecified atom stereocenters. The standard InChI is InChI=1S/C49H40N4O2/c1-47(2)29-54-45(52-47)42-23-20-32(27-50-42)31-19-22-38-40(25-31)49(34-13-7-5-8-14-34,35-15-9-6-10-16-35)41-26-39(36-17-11-12-18-37(36)44(38)41)33-21-24-43(51-28-33)46-53-48(3,4)30-55-46/h5-28H,29-30H2,1-4H3. The van der Waals surface area contributed by atoms with Crippen LogP contribution in [0.25, 0.3) is 44.2 Å². The van der Waals surface area contributed by atoms with Gasteiger partial charge in [0.25, 0.3) is 0 Å². The van der Waals surface area contributed by atoms with Crippen LogP contribution in [0.4, 0.5) is 0 Å². The van der Waals surface area contributed by atoms with Crippen molar-refractivity contribution in [2.24, 2.45) is 9.98 Å². The van der Waals surface area contributed by atoms with Gasteiger partial charge in [-0.25, -0.2) is 9.98 Å². The Bertz CT molecular complexity index is 2640. The maximum atomic E-state index is 5.94. The van der Waals surface area contributed by atoms with E-state index in [1.807, 2.05) is 24.5 Å². The van der Waals surface area contributed by atoms with Gasteiger partial charge in [-0.3, -0.25) is 9.97 Å². The molecule has 0 atom stereocenters. The molecule has 3 aliphatic rings. The monoisotopic (exact) mass is 716 g/mol. The molecule has 2 aromatic heterocycles. The number of rotatable bonds is 6. The normalized spacial score (nSPS) is 17.2. The molecule has 55 heavy (non-hydrogen) atoms. The zero-order valence-corrected chi connectivity index (χ0v) is 31.4. The van der Waals surface area contributed by atoms with Crippen molar-refractivity contribution >= 4 is 22.6 Å². The summed E-state index contributed by atoms with van der Waals surface area (Å²) in [4.78, 5) is 19.3. The average molecular weight is 717 g/mol. The van der Waals surface area contributed by atoms with Gasteiger partial charge in [0, 0.05) is 23.5 Å². The third kappa shape index (κ3) is 5.38. The lowest BCUT2D eigenvalue weighted by Gasteiger charge is -2.34. The number of hydrogen-bond acceptors (Lipinski definition) is 6. The van der Waals surface area contributed by atoms with E-state index < -0.39 is 5.41 Å². The second kappa shape index (κ2) is 12.3. The Labute approximate surface area is 321 Å². The fourth-order valence-corrected chi connectivity index (χ4v) is 8.56. The number of fused-ring (bicyclic) bond motifs is 5. The summed E-state index contributed by atoms with van der Waals surface area (Å²) in [6.45, 7) is 9.41. The molecule has 6 nitrogen and oxygen atoms in total. The van der Waals surface area contributed by atoms with Crippen LogP contribution in [0, 0.1) is 0 Å². The minimum Gasteiger partial charge on any atom is -0.474 e. The second-order valence-corrected chi connectivity index (χ2v) is 16.0. The number of hydrogen-bond donors (Lipinski definition) is 0. The summed E-state index contributed by atoms with van der Waals surface area (Å²) in [6, 6.07) is 48.3. The van der Waals surface area contributed by atoms with Gasteiger partial charge in [0.2, 0.25) is 11.8 Å². The van der Waals surface area contributed by atoms with Crippen molar-refractivity contribution < 1.29 is 9.47 Å². The van der Waals surface area contributed by atoms with E-state index in [2.05, 4.69) is 149 Å². The van der Waals surface area contributed by atoms with E-state index in [9.17, 15) is 0 Å². The first-order valence-electron chi connectivity index (χ1n) is 18.9. The van der Waals surface area contributed by atoms with E-state index in [-0.39, 0.29) is 11.1 Å². The van der Waals surface area contributed by atoms with Gasteiger partial charge in [-0.1, -0.05) is 109 Å². The predicted molar refractivity (Wildman–Crippen MR) is 221 cm³/mol. The maximum absolute atomic E-state index is 5.94. The van der Waals surface area contributed by atoms with E-state index in [1.165, 1.54) is 44.2 Å². The molecular formula is C49H40N4O2. The average Bonchev–Trinajstić information content (AvgIpc) is 3.88. The smallest absolute Gasteiger partial charge is 0.236 e. The SMILES string of the molecule is CC1(C)COC(c2ccc(-c3ccc4c(c3)C(c3ccccc3)(c3ccccc3)c3cc(-c5ccc(C6=NC(C)(C)CO6)nc5)c5ccccc5c3-4)cn2)=N1. The maximum Gasteiger partial charge on any atom is 0.236 e. The van der Waals surface area contributed by atoms with Crippen LogP contribution in [0.1, 0.15) is 61.3 Å². The molecule has 0 fully saturated rings. The van der Waals surface area contributed by atoms with Crippen LogP contribution in [0.3, 0.4) is 0 Å². The van der Waals surface area contributed by atoms with Gasteiger partial charge in [-0.05, 0) is 107 Å². The van der Waals surface area contributed by atoms with E-state index in [1.54, 1.807) is 0 Å². The quantitative estimate of drug-likeness (QED) is 0.172. The third-order valence-corrected chi connectivity index (χ3v) is 11.1. The molecule has 0 N–H and O–H groups in total. The molecule has 7 aromatic rings. The van der Waals surface area contributed by atoms with Crippen molar-refractivity contribution in [3.05, 3.63) is 179 Å². The third-order valence-electron chi connectivity index (χ3n) is 11.1. The molecule has 0 amide bonds. The summed E-state index contributed by atoms with van der Waals surface area (Å²) < 4.78 is 11.8. The molecule has 10 rings (SSSR count). The highest BCUT2D eigenvalue weighted by Gasteiger charge is 2.47. The lowest BCUT2D eigenvalue weighted by molar-refractivity contribution is 0.279. The van der Waals surface area contributed by atoms with Crippen LogP contribution in [0.15, 0.2) is 156 Å². The Balaban J connectivity index is 1.20. The van der Waals surface area contributed by atoms with Gasteiger partial charge >= 0.3 is 0 Å². The van der Waals surface area contributed by atoms with Gasteiger partial charge in [0.05, 0.1) is 16.5 Å². The number of nitrogens with zero attached hydrogens (tertiary/aromatic N) is 4. The Morgan fingerprint density at radius 1 is 0.473 bits per heavy atom. The van der Waals surface area contributed by atoms with Crippen LogP contribution < -0.4 is 0 Å². The van der Waals surface area contributed by atoms with Crippen LogP contribution in [0.5, 0.6) is 0 Å². The minimum atomic E-state index is -0.612. The summed E-state index contributed by atoms with van der Waals surface area (Å²) in [5.41, 5.74) is 12.1. The zero-order chi connectivity index (χ0) is 37.4. The lowest BCUT2D eigenvalue weighted by Crippen LogP contribution is -2.28. The van der Waals surface area contributed by atoms with Gasteiger partial charge in [-0.2, -0.15) is 0 Å². The Kier molecular flexibility index (Phi) is 7.43. The fourth-order valence-electron chi connectivity index (χ4n) is 8.56. The number of ether oxygens (including phenoxy) is 2. The van der Waals surface area contributed by atoms with Gasteiger partial charge < -0.3 is 9.47 Å². The highest BCUT2D eigenvalue weighted by molar-refractivity contribution is 6.10. The Morgan fingerprint density at radius 2 is 1.00 bits per heavy atom. The number of aromatic nitrogens is 2. The molecule has 6 heteroatoms. The van der Waals surface area contributed by atoms with Crippen molar-refractivity contribution in [2.75, 3.05) is 13.2 Å². The van der Waals surface area contributed by atoms with Crippen molar-refractivity contribution in [1.82, 2.24) is 9.97 Å². The number of pyridine rings is 2. The van der Waals surface area contributed by atoms with Crippen LogP contribution >= 0.6 is 0 Å². The highest BCUT2D eigenvalue weighted by atomic mass is 16.5. The van der Waals surface area contributed by atoms with E-state index in [0.29, 0.717) is 25.0 Å². The van der Waals surface area contributed by atoms with Crippen molar-refractivity contribution in [2.45, 2.75) is 44.2 Å². The molecular weight excluding hydrogens is 677 g/mol. The lowest BCUT2D eigenvalue weighted by atomic mass is 9.67. The second-order valence-electron chi connectivity index (χ2n) is 16.0. The molecule has 2 aliphatic heterocycles. The molecule has 1 aliphatic carbocycles. The van der Waals surface area contributed by atoms with E-state index in [4.69, 9.17) is 29.4 Å². The van der Waals surface area contributed by atoms with Crippen LogP contribution in [-0.4, -0.2) is 46.1 Å². The first-order valence-corrected chi connectivity index (χ1v) is 18.9. The summed E-state index contributed by atoms with van der Waals surface area (Å²) in [5.74, 6) is 1.20. The van der Waals surface area contributed by atoms with Gasteiger partial charge in [0.15, 0.2) is 0 Å². The fraction of sp³-hybridized carbons (Fsp3) is 0.184. The molecule has 5 aromatic carbocycles. The van der Waals surface area contributed by atoms with Crippen molar-refractivity contribution in [1.29, 1.82) is 0 Å². The Hall–Kier alpha value is -6.40. The molecule has 4 heterocycles. The number of benzene rings is 5. The topological polar surface area (TPSA) is 69.0 Å². The summed E-state index contributed by atoms with van der Waals surface area (Å²) in [7, 11) is 0. The summed E-state index contributed by atoms with van der Waals surface area (Å²) in [6.07, 6.45) is 3.91. The largest absolute Gasteiger partial charge is 0.474 e. The molecule has 268 valence electrons. The zero-order valence-electron chi connectivity index (χ0n) is 31.4. The molecule has 0 bridgehead atoms. The van der Waals surface area contributed by atoms with E-state index >= 15 is 0 Å².